The standard InChI is InChI=1S/C11H8Cl2N2S/c12-7-1-4-11(15-6-7)16-10-3-2-8(14)5-9(10)13/h1-6H,14H2. The zero-order chi connectivity index (χ0) is 11.5. The Balaban J connectivity index is 2.23. The van der Waals surface area contributed by atoms with E-state index in [2.05, 4.69) is 4.98 Å². The zero-order valence-corrected chi connectivity index (χ0v) is 10.5. The summed E-state index contributed by atoms with van der Waals surface area (Å²) in [7, 11) is 0. The van der Waals surface area contributed by atoms with Gasteiger partial charge >= 0.3 is 0 Å². The molecule has 2 rings (SSSR count). The summed E-state index contributed by atoms with van der Waals surface area (Å²) in [5, 5.41) is 2.09. The van der Waals surface area contributed by atoms with Crippen molar-refractivity contribution in [3.63, 3.8) is 0 Å². The first kappa shape index (κ1) is 11.6. The molecule has 2 aromatic rings. The maximum Gasteiger partial charge on any atom is 0.101 e. The lowest BCUT2D eigenvalue weighted by atomic mass is 10.3. The van der Waals surface area contributed by atoms with Gasteiger partial charge in [-0.25, -0.2) is 4.98 Å². The number of rotatable bonds is 2. The van der Waals surface area contributed by atoms with Crippen LogP contribution in [0.5, 0.6) is 0 Å². The second-order valence-electron chi connectivity index (χ2n) is 3.11. The molecule has 16 heavy (non-hydrogen) atoms. The molecular formula is C11H8Cl2N2S. The van der Waals surface area contributed by atoms with Crippen LogP contribution >= 0.6 is 35.0 Å². The Hall–Kier alpha value is -0.900. The minimum atomic E-state index is 0.618. The average Bonchev–Trinajstić information content (AvgIpc) is 2.25. The Bertz CT molecular complexity index is 500. The van der Waals surface area contributed by atoms with E-state index >= 15 is 0 Å². The Morgan fingerprint density at radius 1 is 1.12 bits per heavy atom. The van der Waals surface area contributed by atoms with Crippen LogP contribution in [-0.2, 0) is 0 Å². The number of nitrogen functional groups attached to an aromatic ring is 1. The van der Waals surface area contributed by atoms with Crippen molar-refractivity contribution in [1.29, 1.82) is 0 Å². The van der Waals surface area contributed by atoms with Crippen LogP contribution in [0.2, 0.25) is 10.0 Å². The Kier molecular flexibility index (Phi) is 3.59. The number of nitrogens with zero attached hydrogens (tertiary/aromatic N) is 1. The van der Waals surface area contributed by atoms with Crippen LogP contribution < -0.4 is 5.73 Å². The lowest BCUT2D eigenvalue weighted by Crippen LogP contribution is -1.85. The highest BCUT2D eigenvalue weighted by Gasteiger charge is 2.04. The molecule has 0 aliphatic rings. The van der Waals surface area contributed by atoms with E-state index in [1.807, 2.05) is 18.2 Å². The first-order valence-corrected chi connectivity index (χ1v) is 6.07. The zero-order valence-electron chi connectivity index (χ0n) is 8.15. The van der Waals surface area contributed by atoms with Crippen molar-refractivity contribution >= 4 is 40.7 Å². The van der Waals surface area contributed by atoms with Crippen molar-refractivity contribution in [3.05, 3.63) is 46.6 Å². The number of aromatic nitrogens is 1. The molecule has 0 bridgehead atoms. The van der Waals surface area contributed by atoms with Crippen LogP contribution in [0.4, 0.5) is 5.69 Å². The number of nitrogens with two attached hydrogens (primary N) is 1. The normalized spacial score (nSPS) is 10.4. The molecule has 1 aromatic carbocycles. The van der Waals surface area contributed by atoms with Crippen molar-refractivity contribution < 1.29 is 0 Å². The molecule has 1 aromatic heterocycles. The Morgan fingerprint density at radius 3 is 2.56 bits per heavy atom. The molecule has 0 radical (unpaired) electrons. The van der Waals surface area contributed by atoms with Crippen molar-refractivity contribution in [2.24, 2.45) is 0 Å². The van der Waals surface area contributed by atoms with E-state index in [4.69, 9.17) is 28.9 Å². The number of benzene rings is 1. The lowest BCUT2D eigenvalue weighted by molar-refractivity contribution is 1.13. The monoisotopic (exact) mass is 270 g/mol. The van der Waals surface area contributed by atoms with Gasteiger partial charge in [-0.15, -0.1) is 0 Å². The van der Waals surface area contributed by atoms with Gasteiger partial charge < -0.3 is 5.73 Å². The van der Waals surface area contributed by atoms with Crippen LogP contribution in [0.15, 0.2) is 46.5 Å². The molecule has 5 heteroatoms. The van der Waals surface area contributed by atoms with Gasteiger partial charge in [-0.1, -0.05) is 35.0 Å². The molecule has 0 spiro atoms. The van der Waals surface area contributed by atoms with Crippen LogP contribution in [-0.4, -0.2) is 4.98 Å². The van der Waals surface area contributed by atoms with Gasteiger partial charge in [0.1, 0.15) is 5.03 Å². The number of anilines is 1. The van der Waals surface area contributed by atoms with Gasteiger partial charge in [0.05, 0.1) is 10.0 Å². The number of hydrogen-bond acceptors (Lipinski definition) is 3. The summed E-state index contributed by atoms with van der Waals surface area (Å²) >= 11 is 13.3. The summed E-state index contributed by atoms with van der Waals surface area (Å²) in [6.07, 6.45) is 1.61. The summed E-state index contributed by atoms with van der Waals surface area (Å²) in [6.45, 7) is 0. The Labute approximate surface area is 108 Å². The van der Waals surface area contributed by atoms with Crippen LogP contribution in [0.1, 0.15) is 0 Å². The molecular weight excluding hydrogens is 263 g/mol. The van der Waals surface area contributed by atoms with Gasteiger partial charge in [0.25, 0.3) is 0 Å². The van der Waals surface area contributed by atoms with Crippen molar-refractivity contribution in [2.45, 2.75) is 9.92 Å². The third-order valence-electron chi connectivity index (χ3n) is 1.87. The van der Waals surface area contributed by atoms with Gasteiger partial charge in [0.15, 0.2) is 0 Å². The van der Waals surface area contributed by atoms with Gasteiger partial charge in [-0.05, 0) is 30.3 Å². The third kappa shape index (κ3) is 2.82. The van der Waals surface area contributed by atoms with Gasteiger partial charge in [0, 0.05) is 16.8 Å². The molecule has 0 saturated heterocycles. The fourth-order valence-corrected chi connectivity index (χ4v) is 2.31. The number of pyridine rings is 1. The molecule has 0 aliphatic carbocycles. The largest absolute Gasteiger partial charge is 0.399 e. The molecule has 0 aliphatic heterocycles. The maximum absolute atomic E-state index is 6.06. The summed E-state index contributed by atoms with van der Waals surface area (Å²) in [6, 6.07) is 9.05. The predicted molar refractivity (Wildman–Crippen MR) is 69.2 cm³/mol. The SMILES string of the molecule is Nc1ccc(Sc2ccc(Cl)cn2)c(Cl)c1. The maximum atomic E-state index is 6.06. The van der Waals surface area contributed by atoms with Crippen LogP contribution in [0.3, 0.4) is 0 Å². The van der Waals surface area contributed by atoms with E-state index < -0.39 is 0 Å². The molecule has 0 fully saturated rings. The van der Waals surface area contributed by atoms with Crippen LogP contribution in [0.25, 0.3) is 0 Å². The molecule has 82 valence electrons. The number of hydrogen-bond donors (Lipinski definition) is 1. The molecule has 1 heterocycles. The van der Waals surface area contributed by atoms with Gasteiger partial charge in [-0.2, -0.15) is 0 Å². The summed E-state index contributed by atoms with van der Waals surface area (Å²) < 4.78 is 0. The summed E-state index contributed by atoms with van der Waals surface area (Å²) in [4.78, 5) is 5.10. The second kappa shape index (κ2) is 4.95. The minimum Gasteiger partial charge on any atom is -0.399 e. The molecule has 0 atom stereocenters. The molecule has 0 unspecified atom stereocenters. The lowest BCUT2D eigenvalue weighted by Gasteiger charge is -2.04. The first-order chi connectivity index (χ1) is 7.65. The van der Waals surface area contributed by atoms with Gasteiger partial charge in [0.2, 0.25) is 0 Å². The molecule has 0 saturated carbocycles. The van der Waals surface area contributed by atoms with E-state index in [1.54, 1.807) is 18.3 Å². The highest BCUT2D eigenvalue weighted by atomic mass is 35.5. The number of halogens is 2. The quantitative estimate of drug-likeness (QED) is 0.835. The highest BCUT2D eigenvalue weighted by Crippen LogP contribution is 2.33. The van der Waals surface area contributed by atoms with E-state index in [-0.39, 0.29) is 0 Å². The molecule has 2 N–H and O–H groups in total. The predicted octanol–water partition coefficient (Wildman–Crippen LogP) is 4.12. The third-order valence-corrected chi connectivity index (χ3v) is 3.55. The van der Waals surface area contributed by atoms with Crippen LogP contribution in [0, 0.1) is 0 Å². The van der Waals surface area contributed by atoms with E-state index in [0.717, 1.165) is 9.92 Å². The molecule has 2 nitrogen and oxygen atoms in total. The highest BCUT2D eigenvalue weighted by molar-refractivity contribution is 7.99. The fourth-order valence-electron chi connectivity index (χ4n) is 1.14. The van der Waals surface area contributed by atoms with Crippen molar-refractivity contribution in [1.82, 2.24) is 4.98 Å². The van der Waals surface area contributed by atoms with Gasteiger partial charge in [-0.3, -0.25) is 0 Å². The fraction of sp³-hybridized carbons (Fsp3) is 0. The summed E-state index contributed by atoms with van der Waals surface area (Å²) in [5.41, 5.74) is 6.27. The van der Waals surface area contributed by atoms with Crippen molar-refractivity contribution in [2.75, 3.05) is 5.73 Å². The first-order valence-electron chi connectivity index (χ1n) is 4.49. The summed E-state index contributed by atoms with van der Waals surface area (Å²) in [5.74, 6) is 0. The minimum absolute atomic E-state index is 0.618. The van der Waals surface area contributed by atoms with E-state index in [0.29, 0.717) is 15.7 Å². The van der Waals surface area contributed by atoms with E-state index in [1.165, 1.54) is 11.8 Å². The Morgan fingerprint density at radius 2 is 1.94 bits per heavy atom. The van der Waals surface area contributed by atoms with E-state index in [9.17, 15) is 0 Å². The average molecular weight is 271 g/mol. The molecule has 0 amide bonds. The topological polar surface area (TPSA) is 38.9 Å². The van der Waals surface area contributed by atoms with Crippen molar-refractivity contribution in [3.8, 4) is 0 Å². The second-order valence-corrected chi connectivity index (χ2v) is 5.01. The smallest absolute Gasteiger partial charge is 0.101 e.